The minimum Gasteiger partial charge on any atom is -0.359 e. The van der Waals surface area contributed by atoms with Gasteiger partial charge in [-0.2, -0.15) is 0 Å². The molecular weight excluding hydrogens is 513 g/mol. The number of urea groups is 1. The van der Waals surface area contributed by atoms with Gasteiger partial charge in [0, 0.05) is 51.7 Å². The van der Waals surface area contributed by atoms with Gasteiger partial charge in [-0.15, -0.1) is 0 Å². The minimum absolute atomic E-state index is 0.0158. The zero-order valence-electron chi connectivity index (χ0n) is 21.9. The highest BCUT2D eigenvalue weighted by Crippen LogP contribution is 2.21. The Hall–Kier alpha value is -3.92. The first-order chi connectivity index (χ1) is 18.2. The summed E-state index contributed by atoms with van der Waals surface area (Å²) in [6, 6.07) is 15.5. The number of amides is 4. The Labute approximate surface area is 226 Å². The first-order valence-electron chi connectivity index (χ1n) is 12.1. The van der Waals surface area contributed by atoms with Crippen LogP contribution < -0.4 is 16.0 Å². The largest absolute Gasteiger partial charge is 0.359 e. The highest BCUT2D eigenvalue weighted by atomic mass is 35.5. The van der Waals surface area contributed by atoms with Gasteiger partial charge in [-0.05, 0) is 24.5 Å². The number of anilines is 1. The molecule has 4 amide bonds. The van der Waals surface area contributed by atoms with Gasteiger partial charge in [-0.25, -0.2) is 9.18 Å². The number of nitrogens with one attached hydrogen (secondary N) is 3. The molecule has 3 rings (SSSR count). The van der Waals surface area contributed by atoms with Crippen LogP contribution in [0.5, 0.6) is 0 Å². The average Bonchev–Trinajstić information content (AvgIpc) is 3.38. The van der Waals surface area contributed by atoms with E-state index in [1.165, 1.54) is 13.0 Å². The van der Waals surface area contributed by atoms with Crippen LogP contribution in [0.1, 0.15) is 38.7 Å². The Kier molecular flexibility index (Phi) is 12.2. The van der Waals surface area contributed by atoms with Gasteiger partial charge in [0.15, 0.2) is 0 Å². The van der Waals surface area contributed by atoms with Crippen LogP contribution in [0.15, 0.2) is 59.1 Å². The van der Waals surface area contributed by atoms with Crippen molar-refractivity contribution in [3.8, 4) is 11.3 Å². The minimum atomic E-state index is -0.510. The summed E-state index contributed by atoms with van der Waals surface area (Å²) < 4.78 is 18.3. The fourth-order valence-corrected chi connectivity index (χ4v) is 3.69. The van der Waals surface area contributed by atoms with Gasteiger partial charge >= 0.3 is 6.03 Å². The topological polar surface area (TPSA) is 117 Å². The van der Waals surface area contributed by atoms with E-state index in [0.717, 1.165) is 12.0 Å². The van der Waals surface area contributed by atoms with Gasteiger partial charge in [-0.1, -0.05) is 66.1 Å². The maximum Gasteiger partial charge on any atom is 0.317 e. The summed E-state index contributed by atoms with van der Waals surface area (Å²) in [6.45, 7) is 3.53. The molecule has 0 bridgehead atoms. The molecule has 1 aromatic heterocycles. The molecule has 3 N–H and O–H groups in total. The second kappa shape index (κ2) is 15.4. The van der Waals surface area contributed by atoms with Crippen LogP contribution in [-0.2, 0) is 16.1 Å². The standard InChI is InChI=1S/C16H23ClFN3O2.C11H10N2O2/c1-4-12(8-9-14(22)19-2)21(3)16(23)20-10-11-6-5-7-13(18)15(11)17;1-8(14)12-11-7-10(13-15-11)9-5-3-2-4-6-9/h5-7,12H,4,8-10H2,1-3H3,(H,19,22)(H,20,23);2-7H,1H3,(H,12,14). The van der Waals surface area contributed by atoms with Crippen LogP contribution in [0.4, 0.5) is 15.1 Å². The number of halogens is 2. The lowest BCUT2D eigenvalue weighted by molar-refractivity contribution is -0.121. The van der Waals surface area contributed by atoms with Gasteiger partial charge in [-0.3, -0.25) is 14.9 Å². The van der Waals surface area contributed by atoms with Crippen molar-refractivity contribution in [2.24, 2.45) is 0 Å². The lowest BCUT2D eigenvalue weighted by Crippen LogP contribution is -2.43. The van der Waals surface area contributed by atoms with Gasteiger partial charge in [0.25, 0.3) is 0 Å². The van der Waals surface area contributed by atoms with Crippen LogP contribution in [0, 0.1) is 5.82 Å². The van der Waals surface area contributed by atoms with Crippen molar-refractivity contribution in [3.63, 3.8) is 0 Å². The lowest BCUT2D eigenvalue weighted by Gasteiger charge is -2.27. The summed E-state index contributed by atoms with van der Waals surface area (Å²) >= 11 is 5.86. The number of aromatic nitrogens is 1. The van der Waals surface area contributed by atoms with Crippen molar-refractivity contribution in [1.82, 2.24) is 20.7 Å². The van der Waals surface area contributed by atoms with Crippen molar-refractivity contribution in [2.75, 3.05) is 19.4 Å². The Bertz CT molecular complexity index is 1210. The Morgan fingerprint density at radius 1 is 1.13 bits per heavy atom. The van der Waals surface area contributed by atoms with Gasteiger partial charge < -0.3 is 20.1 Å². The second-order valence-corrected chi connectivity index (χ2v) is 8.76. The van der Waals surface area contributed by atoms with E-state index < -0.39 is 5.82 Å². The fourth-order valence-electron chi connectivity index (χ4n) is 3.49. The molecule has 3 aromatic rings. The molecule has 0 saturated heterocycles. The summed E-state index contributed by atoms with van der Waals surface area (Å²) in [4.78, 5) is 35.9. The highest BCUT2D eigenvalue weighted by molar-refractivity contribution is 6.31. The van der Waals surface area contributed by atoms with E-state index in [1.54, 1.807) is 37.2 Å². The second-order valence-electron chi connectivity index (χ2n) is 8.38. The molecule has 1 unspecified atom stereocenters. The molecule has 0 radical (unpaired) electrons. The molecule has 38 heavy (non-hydrogen) atoms. The zero-order valence-corrected chi connectivity index (χ0v) is 22.6. The van der Waals surface area contributed by atoms with Crippen LogP contribution in [0.3, 0.4) is 0 Å². The fraction of sp³-hybridized carbons (Fsp3) is 0.333. The molecule has 11 heteroatoms. The summed E-state index contributed by atoms with van der Waals surface area (Å²) in [6.07, 6.45) is 1.69. The van der Waals surface area contributed by atoms with E-state index in [-0.39, 0.29) is 35.5 Å². The summed E-state index contributed by atoms with van der Waals surface area (Å²) in [5.41, 5.74) is 2.18. The van der Waals surface area contributed by atoms with E-state index in [4.69, 9.17) is 16.1 Å². The van der Waals surface area contributed by atoms with Crippen LogP contribution >= 0.6 is 11.6 Å². The number of benzene rings is 2. The SMILES string of the molecule is CC(=O)Nc1cc(-c2ccccc2)no1.CCC(CCC(=O)NC)N(C)C(=O)NCc1cccc(F)c1Cl. The number of carbonyl (C=O) groups is 3. The van der Waals surface area contributed by atoms with Crippen LogP contribution in [0.25, 0.3) is 11.3 Å². The number of rotatable bonds is 9. The van der Waals surface area contributed by atoms with Gasteiger partial charge in [0.1, 0.15) is 11.5 Å². The van der Waals surface area contributed by atoms with Crippen LogP contribution in [-0.4, -0.2) is 48.0 Å². The monoisotopic (exact) mass is 545 g/mol. The molecule has 0 aliphatic rings. The molecule has 204 valence electrons. The normalized spacial score (nSPS) is 11.0. The maximum absolute atomic E-state index is 13.4. The first-order valence-corrected chi connectivity index (χ1v) is 12.5. The number of hydrogen-bond acceptors (Lipinski definition) is 5. The maximum atomic E-state index is 13.4. The van der Waals surface area contributed by atoms with E-state index in [0.29, 0.717) is 30.0 Å². The summed E-state index contributed by atoms with van der Waals surface area (Å²) in [7, 11) is 3.27. The Balaban J connectivity index is 0.000000290. The third-order valence-corrected chi connectivity index (χ3v) is 6.09. The quantitative estimate of drug-likeness (QED) is 0.340. The van der Waals surface area contributed by atoms with E-state index in [2.05, 4.69) is 21.1 Å². The molecule has 1 atom stereocenters. The third-order valence-electron chi connectivity index (χ3n) is 5.66. The number of carbonyl (C=O) groups excluding carboxylic acids is 3. The van der Waals surface area contributed by atoms with Gasteiger partial charge in [0.05, 0.1) is 5.02 Å². The molecule has 0 spiro atoms. The van der Waals surface area contributed by atoms with Crippen molar-refractivity contribution in [1.29, 1.82) is 0 Å². The van der Waals surface area contributed by atoms with Crippen molar-refractivity contribution >= 4 is 35.3 Å². The first kappa shape index (κ1) is 30.3. The van der Waals surface area contributed by atoms with E-state index in [1.807, 2.05) is 37.3 Å². The highest BCUT2D eigenvalue weighted by Gasteiger charge is 2.19. The molecule has 2 aromatic carbocycles. The predicted molar refractivity (Wildman–Crippen MR) is 145 cm³/mol. The molecule has 1 heterocycles. The van der Waals surface area contributed by atoms with Crippen molar-refractivity contribution in [2.45, 2.75) is 45.7 Å². The van der Waals surface area contributed by atoms with Gasteiger partial charge in [0.2, 0.25) is 17.7 Å². The average molecular weight is 546 g/mol. The third kappa shape index (κ3) is 9.51. The van der Waals surface area contributed by atoms with E-state index >= 15 is 0 Å². The van der Waals surface area contributed by atoms with Crippen molar-refractivity contribution in [3.05, 3.63) is 71.0 Å². The van der Waals surface area contributed by atoms with Crippen LogP contribution in [0.2, 0.25) is 5.02 Å². The lowest BCUT2D eigenvalue weighted by atomic mass is 10.1. The number of hydrogen-bond donors (Lipinski definition) is 3. The predicted octanol–water partition coefficient (Wildman–Crippen LogP) is 5.23. The van der Waals surface area contributed by atoms with E-state index in [9.17, 15) is 18.8 Å². The summed E-state index contributed by atoms with van der Waals surface area (Å²) in [5, 5.41) is 11.7. The smallest absolute Gasteiger partial charge is 0.317 e. The molecule has 0 aliphatic heterocycles. The molecular formula is C27H33ClFN5O4. The number of nitrogens with zero attached hydrogens (tertiary/aromatic N) is 2. The summed E-state index contributed by atoms with van der Waals surface area (Å²) in [5.74, 6) is -0.375. The molecule has 9 nitrogen and oxygen atoms in total. The Morgan fingerprint density at radius 3 is 2.47 bits per heavy atom. The molecule has 0 fully saturated rings. The Morgan fingerprint density at radius 2 is 1.84 bits per heavy atom. The molecule has 0 aliphatic carbocycles. The zero-order chi connectivity index (χ0) is 28.1. The van der Waals surface area contributed by atoms with Crippen molar-refractivity contribution < 1.29 is 23.3 Å². The molecule has 0 saturated carbocycles.